The normalized spacial score (nSPS) is 11.6. The van der Waals surface area contributed by atoms with Crippen molar-refractivity contribution in [3.05, 3.63) is 40.4 Å². The number of aryl methyl sites for hydroxylation is 1. The molecule has 0 aliphatic carbocycles. The molecule has 0 radical (unpaired) electrons. The molecule has 0 saturated heterocycles. The molecule has 0 aliphatic heterocycles. The summed E-state index contributed by atoms with van der Waals surface area (Å²) in [5, 5.41) is 5.44. The molecule has 3 rings (SSSR count). The smallest absolute Gasteiger partial charge is 0.198 e. The first-order chi connectivity index (χ1) is 10.2. The highest BCUT2D eigenvalue weighted by atomic mass is 32.1. The summed E-state index contributed by atoms with van der Waals surface area (Å²) in [7, 11) is 2.05. The van der Waals surface area contributed by atoms with Crippen LogP contribution in [-0.2, 0) is 19.8 Å². The molecule has 0 aliphatic rings. The van der Waals surface area contributed by atoms with Crippen molar-refractivity contribution in [1.82, 2.24) is 24.2 Å². The molecular weight excluding hydrogens is 302 g/mol. The van der Waals surface area contributed by atoms with E-state index in [0.717, 1.165) is 28.4 Å². The molecule has 0 N–H and O–H groups in total. The van der Waals surface area contributed by atoms with E-state index in [1.54, 1.807) is 17.7 Å². The Morgan fingerprint density at radius 2 is 2.14 bits per heavy atom. The lowest BCUT2D eigenvalue weighted by molar-refractivity contribution is 0.243. The molecule has 1 aromatic carbocycles. The number of para-hydroxylation sites is 1. The molecule has 2 heterocycles. The lowest BCUT2D eigenvalue weighted by Gasteiger charge is -2.14. The largest absolute Gasteiger partial charge is 0.307 e. The Morgan fingerprint density at radius 1 is 1.33 bits per heavy atom. The minimum absolute atomic E-state index is 0.668. The van der Waals surface area contributed by atoms with E-state index in [4.69, 9.17) is 12.2 Å². The number of benzene rings is 1. The predicted octanol–water partition coefficient (Wildman–Crippen LogP) is 3.13. The van der Waals surface area contributed by atoms with Crippen molar-refractivity contribution in [1.29, 1.82) is 0 Å². The fraction of sp³-hybridized carbons (Fsp3) is 0.357. The number of hydrogen-bond donors (Lipinski definition) is 0. The second-order valence-corrected chi connectivity index (χ2v) is 6.41. The van der Waals surface area contributed by atoms with Crippen LogP contribution in [0.2, 0.25) is 0 Å². The van der Waals surface area contributed by atoms with E-state index in [2.05, 4.69) is 35.0 Å². The third kappa shape index (κ3) is 3.04. The lowest BCUT2D eigenvalue weighted by Crippen LogP contribution is -2.22. The molecule has 0 atom stereocenters. The van der Waals surface area contributed by atoms with Crippen molar-refractivity contribution in [2.75, 3.05) is 7.05 Å². The third-order valence-electron chi connectivity index (χ3n) is 3.26. The minimum Gasteiger partial charge on any atom is -0.307 e. The molecule has 2 aromatic heterocycles. The van der Waals surface area contributed by atoms with Crippen molar-refractivity contribution < 1.29 is 0 Å². The highest BCUT2D eigenvalue weighted by molar-refractivity contribution is 7.71. The SMILES string of the molecule is CCn1cnn(CN(C)Cc2nc3ccccc3s2)c1=S. The van der Waals surface area contributed by atoms with Gasteiger partial charge in [-0.25, -0.2) is 9.67 Å². The third-order valence-corrected chi connectivity index (χ3v) is 4.72. The Bertz CT molecular complexity index is 768. The molecule has 0 saturated carbocycles. The Hall–Kier alpha value is -1.57. The van der Waals surface area contributed by atoms with Gasteiger partial charge in [0.2, 0.25) is 0 Å². The van der Waals surface area contributed by atoms with Crippen LogP contribution in [0.1, 0.15) is 11.9 Å². The molecule has 5 nitrogen and oxygen atoms in total. The van der Waals surface area contributed by atoms with Crippen LogP contribution in [0.5, 0.6) is 0 Å². The summed E-state index contributed by atoms with van der Waals surface area (Å²) in [4.78, 5) is 6.82. The van der Waals surface area contributed by atoms with Crippen molar-refractivity contribution in [2.24, 2.45) is 0 Å². The van der Waals surface area contributed by atoms with Gasteiger partial charge >= 0.3 is 0 Å². The molecule has 0 amide bonds. The summed E-state index contributed by atoms with van der Waals surface area (Å²) in [5.74, 6) is 0. The molecule has 0 bridgehead atoms. The lowest BCUT2D eigenvalue weighted by atomic mass is 10.3. The van der Waals surface area contributed by atoms with Crippen LogP contribution < -0.4 is 0 Å². The van der Waals surface area contributed by atoms with Crippen molar-refractivity contribution in [3.8, 4) is 0 Å². The van der Waals surface area contributed by atoms with Gasteiger partial charge in [0.25, 0.3) is 0 Å². The topological polar surface area (TPSA) is 38.9 Å². The zero-order valence-electron chi connectivity index (χ0n) is 12.1. The van der Waals surface area contributed by atoms with Gasteiger partial charge in [0.15, 0.2) is 4.77 Å². The number of nitrogens with zero attached hydrogens (tertiary/aromatic N) is 5. The van der Waals surface area contributed by atoms with Crippen molar-refractivity contribution in [3.63, 3.8) is 0 Å². The van der Waals surface area contributed by atoms with E-state index in [1.807, 2.05) is 27.4 Å². The van der Waals surface area contributed by atoms with Crippen molar-refractivity contribution in [2.45, 2.75) is 26.7 Å². The maximum Gasteiger partial charge on any atom is 0.198 e. The van der Waals surface area contributed by atoms with Crippen LogP contribution in [-0.4, -0.2) is 31.3 Å². The highest BCUT2D eigenvalue weighted by Crippen LogP contribution is 2.22. The number of rotatable bonds is 5. The van der Waals surface area contributed by atoms with Crippen LogP contribution in [0.4, 0.5) is 0 Å². The average molecular weight is 319 g/mol. The first kappa shape index (κ1) is 14.4. The standard InChI is InChI=1S/C14H17N5S2/c1-3-18-9-15-19(14(18)20)10-17(2)8-13-16-11-6-4-5-7-12(11)21-13/h4-7,9H,3,8,10H2,1-2H3. The highest BCUT2D eigenvalue weighted by Gasteiger charge is 2.08. The summed E-state index contributed by atoms with van der Waals surface area (Å²) in [6.45, 7) is 4.37. The van der Waals surface area contributed by atoms with E-state index in [9.17, 15) is 0 Å². The first-order valence-corrected chi connectivity index (χ1v) is 8.05. The van der Waals surface area contributed by atoms with Gasteiger partial charge in [0.1, 0.15) is 11.3 Å². The summed E-state index contributed by atoms with van der Waals surface area (Å²) in [6, 6.07) is 8.22. The van der Waals surface area contributed by atoms with Gasteiger partial charge in [0, 0.05) is 6.54 Å². The minimum atomic E-state index is 0.668. The molecular formula is C14H17N5S2. The van der Waals surface area contributed by atoms with E-state index in [-0.39, 0.29) is 0 Å². The second kappa shape index (κ2) is 6.05. The van der Waals surface area contributed by atoms with Gasteiger partial charge in [-0.2, -0.15) is 5.10 Å². The van der Waals surface area contributed by atoms with Gasteiger partial charge in [-0.1, -0.05) is 12.1 Å². The van der Waals surface area contributed by atoms with Crippen LogP contribution in [0.15, 0.2) is 30.6 Å². The van der Waals surface area contributed by atoms with Gasteiger partial charge in [-0.15, -0.1) is 11.3 Å². The zero-order valence-corrected chi connectivity index (χ0v) is 13.7. The van der Waals surface area contributed by atoms with Gasteiger partial charge in [-0.05, 0) is 38.3 Å². The van der Waals surface area contributed by atoms with Gasteiger partial charge in [-0.3, -0.25) is 4.90 Å². The van der Waals surface area contributed by atoms with Crippen LogP contribution >= 0.6 is 23.6 Å². The zero-order chi connectivity index (χ0) is 14.8. The monoisotopic (exact) mass is 319 g/mol. The Morgan fingerprint density at radius 3 is 2.86 bits per heavy atom. The molecule has 0 fully saturated rings. The molecule has 7 heteroatoms. The number of fused-ring (bicyclic) bond motifs is 1. The maximum absolute atomic E-state index is 5.38. The molecule has 0 spiro atoms. The maximum atomic E-state index is 5.38. The van der Waals surface area contributed by atoms with E-state index in [1.165, 1.54) is 4.70 Å². The quantitative estimate of drug-likeness (QED) is 0.677. The molecule has 0 unspecified atom stereocenters. The van der Waals surface area contributed by atoms with Gasteiger partial charge < -0.3 is 4.57 Å². The Labute approximate surface area is 132 Å². The Balaban J connectivity index is 1.72. The second-order valence-electron chi connectivity index (χ2n) is 4.93. The van der Waals surface area contributed by atoms with E-state index >= 15 is 0 Å². The van der Waals surface area contributed by atoms with Gasteiger partial charge in [0.05, 0.1) is 23.4 Å². The number of hydrogen-bond acceptors (Lipinski definition) is 5. The first-order valence-electron chi connectivity index (χ1n) is 6.82. The van der Waals surface area contributed by atoms with Crippen LogP contribution in [0.25, 0.3) is 10.2 Å². The average Bonchev–Trinajstić information content (AvgIpc) is 3.02. The number of thiazole rings is 1. The van der Waals surface area contributed by atoms with Crippen LogP contribution in [0, 0.1) is 4.77 Å². The fourth-order valence-corrected chi connectivity index (χ4v) is 3.51. The summed E-state index contributed by atoms with van der Waals surface area (Å²) in [5.41, 5.74) is 1.07. The van der Waals surface area contributed by atoms with Crippen molar-refractivity contribution >= 4 is 33.8 Å². The Kier molecular flexibility index (Phi) is 4.14. The molecule has 21 heavy (non-hydrogen) atoms. The summed E-state index contributed by atoms with van der Waals surface area (Å²) in [6.07, 6.45) is 1.79. The molecule has 110 valence electrons. The van der Waals surface area contributed by atoms with E-state index in [0.29, 0.717) is 6.67 Å². The predicted molar refractivity (Wildman–Crippen MR) is 87.8 cm³/mol. The van der Waals surface area contributed by atoms with E-state index < -0.39 is 0 Å². The summed E-state index contributed by atoms with van der Waals surface area (Å²) < 4.78 is 5.79. The number of aromatic nitrogens is 4. The fourth-order valence-electron chi connectivity index (χ4n) is 2.18. The molecule has 3 aromatic rings. The summed E-state index contributed by atoms with van der Waals surface area (Å²) >= 11 is 7.12. The van der Waals surface area contributed by atoms with Crippen LogP contribution in [0.3, 0.4) is 0 Å².